The summed E-state index contributed by atoms with van der Waals surface area (Å²) in [5.74, 6) is 2.59. The number of aliphatic hydroxyl groups is 1. The maximum atomic E-state index is 9.87. The Hall–Kier alpha value is -1.50. The molecule has 1 aromatic carbocycles. The van der Waals surface area contributed by atoms with Crippen LogP contribution in [0.15, 0.2) is 24.3 Å². The fourth-order valence-electron chi connectivity index (χ4n) is 2.32. The van der Waals surface area contributed by atoms with Crippen LogP contribution in [0.3, 0.4) is 0 Å². The molecule has 3 nitrogen and oxygen atoms in total. The summed E-state index contributed by atoms with van der Waals surface area (Å²) in [6.07, 6.45) is 9.96. The second kappa shape index (κ2) is 7.18. The third-order valence-electron chi connectivity index (χ3n) is 3.40. The lowest BCUT2D eigenvalue weighted by molar-refractivity contribution is -0.00117. The van der Waals surface area contributed by atoms with Crippen LogP contribution in [0.2, 0.25) is 0 Å². The van der Waals surface area contributed by atoms with E-state index in [1.165, 1.54) is 12.8 Å². The molecular weight excluding hydrogens is 238 g/mol. The molecular formula is C16H21NO2. The summed E-state index contributed by atoms with van der Waals surface area (Å²) in [5, 5.41) is 13.0. The van der Waals surface area contributed by atoms with E-state index >= 15 is 0 Å². The van der Waals surface area contributed by atoms with Gasteiger partial charge >= 0.3 is 0 Å². The molecule has 0 aliphatic heterocycles. The number of anilines is 1. The molecule has 2 rings (SSSR count). The van der Waals surface area contributed by atoms with Gasteiger partial charge in [-0.25, -0.2) is 0 Å². The highest BCUT2D eigenvalue weighted by Gasteiger charge is 2.16. The first kappa shape index (κ1) is 13.9. The van der Waals surface area contributed by atoms with Gasteiger partial charge in [0.25, 0.3) is 0 Å². The van der Waals surface area contributed by atoms with Crippen molar-refractivity contribution < 1.29 is 9.84 Å². The normalized spacial score (nSPS) is 17.1. The second-order valence-electron chi connectivity index (χ2n) is 5.00. The molecule has 0 saturated heterocycles. The molecule has 1 saturated carbocycles. The molecule has 102 valence electrons. The standard InChI is InChI=1S/C16H21NO2/c1-2-13-6-5-7-14(10-13)17-11-15(18)12-19-16-8-3-4-9-16/h1,5-7,10,15-18H,3-4,8-9,11-12H2. The first-order valence-electron chi connectivity index (χ1n) is 6.88. The van der Waals surface area contributed by atoms with Gasteiger partial charge in [-0.15, -0.1) is 6.42 Å². The van der Waals surface area contributed by atoms with Crippen LogP contribution in [0, 0.1) is 12.3 Å². The predicted molar refractivity (Wildman–Crippen MR) is 77.1 cm³/mol. The van der Waals surface area contributed by atoms with Gasteiger partial charge < -0.3 is 15.2 Å². The molecule has 0 bridgehead atoms. The number of rotatable bonds is 6. The van der Waals surface area contributed by atoms with Crippen molar-refractivity contribution in [2.75, 3.05) is 18.5 Å². The van der Waals surface area contributed by atoms with Crippen molar-refractivity contribution in [3.63, 3.8) is 0 Å². The van der Waals surface area contributed by atoms with Gasteiger partial charge in [0.2, 0.25) is 0 Å². The molecule has 1 aliphatic rings. The fourth-order valence-corrected chi connectivity index (χ4v) is 2.32. The fraction of sp³-hybridized carbons (Fsp3) is 0.500. The summed E-state index contributed by atoms with van der Waals surface area (Å²) < 4.78 is 5.68. The quantitative estimate of drug-likeness (QED) is 0.771. The van der Waals surface area contributed by atoms with Crippen LogP contribution in [0.4, 0.5) is 5.69 Å². The van der Waals surface area contributed by atoms with Gasteiger partial charge in [0.15, 0.2) is 0 Å². The smallest absolute Gasteiger partial charge is 0.0945 e. The van der Waals surface area contributed by atoms with Crippen LogP contribution >= 0.6 is 0 Å². The van der Waals surface area contributed by atoms with E-state index in [4.69, 9.17) is 11.2 Å². The van der Waals surface area contributed by atoms with Gasteiger partial charge in [0.05, 0.1) is 18.8 Å². The zero-order chi connectivity index (χ0) is 13.5. The minimum absolute atomic E-state index is 0.347. The van der Waals surface area contributed by atoms with Gasteiger partial charge in [-0.2, -0.15) is 0 Å². The van der Waals surface area contributed by atoms with E-state index in [1.54, 1.807) is 0 Å². The molecule has 0 aromatic heterocycles. The Bertz CT molecular complexity index is 433. The SMILES string of the molecule is C#Cc1cccc(NCC(O)COC2CCCC2)c1. The molecule has 2 N–H and O–H groups in total. The Morgan fingerprint density at radius 3 is 2.95 bits per heavy atom. The van der Waals surface area contributed by atoms with Crippen LogP contribution in [-0.4, -0.2) is 30.5 Å². The Labute approximate surface area is 115 Å². The summed E-state index contributed by atoms with van der Waals surface area (Å²) in [6, 6.07) is 7.61. The highest BCUT2D eigenvalue weighted by Crippen LogP contribution is 2.20. The van der Waals surface area contributed by atoms with Crippen molar-refractivity contribution in [3.05, 3.63) is 29.8 Å². The van der Waals surface area contributed by atoms with Crippen molar-refractivity contribution in [2.24, 2.45) is 0 Å². The highest BCUT2D eigenvalue weighted by molar-refractivity contribution is 5.49. The van der Waals surface area contributed by atoms with Crippen LogP contribution in [0.25, 0.3) is 0 Å². The number of terminal acetylenes is 1. The number of benzene rings is 1. The van der Waals surface area contributed by atoms with Gasteiger partial charge in [-0.1, -0.05) is 24.8 Å². The van der Waals surface area contributed by atoms with Crippen molar-refractivity contribution >= 4 is 5.69 Å². The van der Waals surface area contributed by atoms with Crippen LogP contribution in [-0.2, 0) is 4.74 Å². The van der Waals surface area contributed by atoms with Crippen LogP contribution in [0.1, 0.15) is 31.2 Å². The van der Waals surface area contributed by atoms with Gasteiger partial charge in [-0.3, -0.25) is 0 Å². The summed E-state index contributed by atoms with van der Waals surface area (Å²) >= 11 is 0. The summed E-state index contributed by atoms with van der Waals surface area (Å²) in [6.45, 7) is 0.868. The van der Waals surface area contributed by atoms with Gasteiger partial charge in [0, 0.05) is 17.8 Å². The molecule has 0 radical (unpaired) electrons. The molecule has 0 heterocycles. The predicted octanol–water partition coefficient (Wildman–Crippen LogP) is 2.40. The van der Waals surface area contributed by atoms with E-state index < -0.39 is 6.10 Å². The number of aliphatic hydroxyl groups excluding tert-OH is 1. The topological polar surface area (TPSA) is 41.5 Å². The molecule has 1 unspecified atom stereocenters. The van der Waals surface area contributed by atoms with E-state index in [9.17, 15) is 5.11 Å². The van der Waals surface area contributed by atoms with Crippen molar-refractivity contribution in [1.82, 2.24) is 0 Å². The lowest BCUT2D eigenvalue weighted by atomic mass is 10.2. The van der Waals surface area contributed by atoms with Gasteiger partial charge in [-0.05, 0) is 31.0 Å². The summed E-state index contributed by atoms with van der Waals surface area (Å²) in [5.41, 5.74) is 1.76. The van der Waals surface area contributed by atoms with Crippen molar-refractivity contribution in [1.29, 1.82) is 0 Å². The zero-order valence-electron chi connectivity index (χ0n) is 11.1. The third-order valence-corrected chi connectivity index (χ3v) is 3.40. The Balaban J connectivity index is 1.70. The van der Waals surface area contributed by atoms with E-state index in [0.717, 1.165) is 24.1 Å². The van der Waals surface area contributed by atoms with E-state index in [0.29, 0.717) is 19.3 Å². The Kier molecular flexibility index (Phi) is 5.26. The minimum Gasteiger partial charge on any atom is -0.389 e. The number of nitrogens with one attached hydrogen (secondary N) is 1. The highest BCUT2D eigenvalue weighted by atomic mass is 16.5. The van der Waals surface area contributed by atoms with Crippen molar-refractivity contribution in [3.8, 4) is 12.3 Å². The minimum atomic E-state index is -0.491. The largest absolute Gasteiger partial charge is 0.389 e. The lowest BCUT2D eigenvalue weighted by Gasteiger charge is -2.16. The average molecular weight is 259 g/mol. The molecule has 0 amide bonds. The number of hydrogen-bond donors (Lipinski definition) is 2. The molecule has 1 atom stereocenters. The lowest BCUT2D eigenvalue weighted by Crippen LogP contribution is -2.27. The number of ether oxygens (including phenoxy) is 1. The maximum absolute atomic E-state index is 9.87. The molecule has 19 heavy (non-hydrogen) atoms. The summed E-state index contributed by atoms with van der Waals surface area (Å²) in [4.78, 5) is 0. The zero-order valence-corrected chi connectivity index (χ0v) is 11.1. The molecule has 1 fully saturated rings. The van der Waals surface area contributed by atoms with E-state index in [-0.39, 0.29) is 0 Å². The van der Waals surface area contributed by atoms with Crippen LogP contribution in [0.5, 0.6) is 0 Å². The Morgan fingerprint density at radius 2 is 2.21 bits per heavy atom. The second-order valence-corrected chi connectivity index (χ2v) is 5.00. The van der Waals surface area contributed by atoms with Crippen LogP contribution < -0.4 is 5.32 Å². The molecule has 0 spiro atoms. The van der Waals surface area contributed by atoms with E-state index in [2.05, 4.69) is 11.2 Å². The first-order chi connectivity index (χ1) is 9.28. The molecule has 3 heteroatoms. The third kappa shape index (κ3) is 4.59. The first-order valence-corrected chi connectivity index (χ1v) is 6.88. The average Bonchev–Trinajstić information content (AvgIpc) is 2.96. The maximum Gasteiger partial charge on any atom is 0.0945 e. The van der Waals surface area contributed by atoms with Gasteiger partial charge in [0.1, 0.15) is 0 Å². The molecule has 1 aromatic rings. The van der Waals surface area contributed by atoms with Crippen molar-refractivity contribution in [2.45, 2.75) is 37.9 Å². The summed E-state index contributed by atoms with van der Waals surface area (Å²) in [7, 11) is 0. The molecule has 1 aliphatic carbocycles. The Morgan fingerprint density at radius 1 is 1.42 bits per heavy atom. The van der Waals surface area contributed by atoms with E-state index in [1.807, 2.05) is 24.3 Å². The monoisotopic (exact) mass is 259 g/mol. The number of hydrogen-bond acceptors (Lipinski definition) is 3.